The monoisotopic (exact) mass is 307 g/mol. The number of hydrogen-bond acceptors (Lipinski definition) is 3. The molecule has 1 fully saturated rings. The van der Waals surface area contributed by atoms with Crippen molar-refractivity contribution in [3.63, 3.8) is 0 Å². The lowest BCUT2D eigenvalue weighted by atomic mass is 10.0. The van der Waals surface area contributed by atoms with Gasteiger partial charge in [0.2, 0.25) is 0 Å². The van der Waals surface area contributed by atoms with Crippen LogP contribution in [0.3, 0.4) is 0 Å². The van der Waals surface area contributed by atoms with Crippen LogP contribution >= 0.6 is 0 Å². The first-order chi connectivity index (χ1) is 11.4. The van der Waals surface area contributed by atoms with E-state index < -0.39 is 0 Å². The molecule has 1 N–H and O–H groups in total. The van der Waals surface area contributed by atoms with Gasteiger partial charge in [-0.1, -0.05) is 42.5 Å². The van der Waals surface area contributed by atoms with Gasteiger partial charge in [-0.15, -0.1) is 0 Å². The van der Waals surface area contributed by atoms with Crippen molar-refractivity contribution in [1.29, 1.82) is 0 Å². The summed E-state index contributed by atoms with van der Waals surface area (Å²) in [7, 11) is 2.04. The molecule has 2 aliphatic rings. The van der Waals surface area contributed by atoms with Gasteiger partial charge in [0.15, 0.2) is 0 Å². The van der Waals surface area contributed by atoms with E-state index in [1.807, 2.05) is 7.05 Å². The molecule has 1 heterocycles. The highest BCUT2D eigenvalue weighted by Gasteiger charge is 2.38. The third-order valence-electron chi connectivity index (χ3n) is 5.02. The molecule has 1 aliphatic carbocycles. The van der Waals surface area contributed by atoms with Gasteiger partial charge in [-0.2, -0.15) is 0 Å². The minimum atomic E-state index is 0.425. The van der Waals surface area contributed by atoms with Crippen molar-refractivity contribution in [1.82, 2.24) is 5.32 Å². The van der Waals surface area contributed by atoms with Crippen molar-refractivity contribution in [2.45, 2.75) is 31.3 Å². The summed E-state index contributed by atoms with van der Waals surface area (Å²) in [5.74, 6) is 0. The fourth-order valence-electron chi connectivity index (χ4n) is 3.69. The summed E-state index contributed by atoms with van der Waals surface area (Å²) in [5.41, 5.74) is 4.22. The highest BCUT2D eigenvalue weighted by Crippen LogP contribution is 2.45. The topological polar surface area (TPSA) is 18.5 Å². The summed E-state index contributed by atoms with van der Waals surface area (Å²) >= 11 is 0. The van der Waals surface area contributed by atoms with Crippen LogP contribution < -0.4 is 15.1 Å². The standard InChI is InChI=1S/C20H25N3/c1-21-14-13-18(16-7-3-2-4-8-16)23-15-22(17-11-12-17)19-9-5-6-10-20(19)23/h2-10,17-18,21H,11-15H2,1H3/t18-/m0/s1. The fraction of sp³-hybridized carbons (Fsp3) is 0.400. The molecule has 1 atom stereocenters. The molecule has 0 amide bonds. The molecule has 1 saturated carbocycles. The lowest BCUT2D eigenvalue weighted by molar-refractivity contribution is 0.561. The normalized spacial score (nSPS) is 18.1. The Labute approximate surface area is 138 Å². The van der Waals surface area contributed by atoms with Crippen molar-refractivity contribution in [2.75, 3.05) is 30.1 Å². The largest absolute Gasteiger partial charge is 0.349 e. The second-order valence-electron chi connectivity index (χ2n) is 6.62. The van der Waals surface area contributed by atoms with E-state index in [1.165, 1.54) is 29.8 Å². The molecule has 23 heavy (non-hydrogen) atoms. The second-order valence-corrected chi connectivity index (χ2v) is 6.62. The predicted molar refractivity (Wildman–Crippen MR) is 97.0 cm³/mol. The zero-order valence-electron chi connectivity index (χ0n) is 13.8. The fourth-order valence-corrected chi connectivity index (χ4v) is 3.69. The van der Waals surface area contributed by atoms with Crippen molar-refractivity contribution in [3.05, 3.63) is 60.2 Å². The van der Waals surface area contributed by atoms with Crippen LogP contribution in [0.1, 0.15) is 30.9 Å². The van der Waals surface area contributed by atoms with Crippen LogP contribution in [-0.2, 0) is 0 Å². The molecule has 0 aromatic heterocycles. The van der Waals surface area contributed by atoms with Crippen molar-refractivity contribution in [2.24, 2.45) is 0 Å². The first-order valence-corrected chi connectivity index (χ1v) is 8.70. The Morgan fingerprint density at radius 3 is 2.39 bits per heavy atom. The number of nitrogens with zero attached hydrogens (tertiary/aromatic N) is 2. The average molecular weight is 307 g/mol. The number of benzene rings is 2. The predicted octanol–water partition coefficient (Wildman–Crippen LogP) is 3.78. The van der Waals surface area contributed by atoms with Crippen molar-refractivity contribution in [3.8, 4) is 0 Å². The van der Waals surface area contributed by atoms with E-state index in [0.717, 1.165) is 25.7 Å². The number of nitrogens with one attached hydrogen (secondary N) is 1. The number of para-hydroxylation sites is 2. The molecule has 4 rings (SSSR count). The highest BCUT2D eigenvalue weighted by atomic mass is 15.4. The Morgan fingerprint density at radius 2 is 1.70 bits per heavy atom. The lowest BCUT2D eigenvalue weighted by Crippen LogP contribution is -2.36. The number of fused-ring (bicyclic) bond motifs is 1. The van der Waals surface area contributed by atoms with E-state index in [1.54, 1.807) is 0 Å². The molecule has 2 aromatic carbocycles. The van der Waals surface area contributed by atoms with Crippen molar-refractivity contribution < 1.29 is 0 Å². The van der Waals surface area contributed by atoms with E-state index in [0.29, 0.717) is 6.04 Å². The van der Waals surface area contributed by atoms with Gasteiger partial charge >= 0.3 is 0 Å². The Morgan fingerprint density at radius 1 is 1.00 bits per heavy atom. The maximum Gasteiger partial charge on any atom is 0.0913 e. The first-order valence-electron chi connectivity index (χ1n) is 8.70. The molecule has 0 unspecified atom stereocenters. The van der Waals surface area contributed by atoms with Crippen LogP contribution in [0.25, 0.3) is 0 Å². The van der Waals surface area contributed by atoms with Crippen LogP contribution in [0.2, 0.25) is 0 Å². The molecule has 0 spiro atoms. The lowest BCUT2D eigenvalue weighted by Gasteiger charge is -2.31. The summed E-state index contributed by atoms with van der Waals surface area (Å²) in [4.78, 5) is 5.20. The van der Waals surface area contributed by atoms with Crippen molar-refractivity contribution >= 4 is 11.4 Å². The van der Waals surface area contributed by atoms with Gasteiger partial charge in [-0.3, -0.25) is 0 Å². The van der Waals surface area contributed by atoms with Gasteiger partial charge in [0.25, 0.3) is 0 Å². The van der Waals surface area contributed by atoms with Gasteiger partial charge in [0.05, 0.1) is 24.1 Å². The van der Waals surface area contributed by atoms with Crippen LogP contribution in [0.5, 0.6) is 0 Å². The molecule has 3 nitrogen and oxygen atoms in total. The molecule has 1 aliphatic heterocycles. The van der Waals surface area contributed by atoms with Gasteiger partial charge < -0.3 is 15.1 Å². The Kier molecular flexibility index (Phi) is 3.96. The van der Waals surface area contributed by atoms with Crippen LogP contribution in [0, 0.1) is 0 Å². The molecule has 0 bridgehead atoms. The molecule has 2 aromatic rings. The quantitative estimate of drug-likeness (QED) is 0.876. The van der Waals surface area contributed by atoms with Crippen LogP contribution in [-0.4, -0.2) is 26.3 Å². The van der Waals surface area contributed by atoms with Crippen LogP contribution in [0.15, 0.2) is 54.6 Å². The van der Waals surface area contributed by atoms with Gasteiger partial charge in [0.1, 0.15) is 0 Å². The minimum Gasteiger partial charge on any atom is -0.349 e. The van der Waals surface area contributed by atoms with E-state index in [-0.39, 0.29) is 0 Å². The number of anilines is 2. The SMILES string of the molecule is CNCC[C@@H](c1ccccc1)N1CN(C2CC2)c2ccccc21. The maximum absolute atomic E-state index is 3.32. The number of hydrogen-bond donors (Lipinski definition) is 1. The zero-order valence-corrected chi connectivity index (χ0v) is 13.8. The number of rotatable bonds is 6. The summed E-state index contributed by atoms with van der Waals surface area (Å²) < 4.78 is 0. The van der Waals surface area contributed by atoms with E-state index in [2.05, 4.69) is 69.7 Å². The smallest absolute Gasteiger partial charge is 0.0913 e. The third kappa shape index (κ3) is 2.81. The molecular formula is C20H25N3. The second kappa shape index (κ2) is 6.25. The molecular weight excluding hydrogens is 282 g/mol. The summed E-state index contributed by atoms with van der Waals surface area (Å²) in [5, 5.41) is 3.32. The Balaban J connectivity index is 1.68. The van der Waals surface area contributed by atoms with Gasteiger partial charge in [0, 0.05) is 6.04 Å². The molecule has 0 saturated heterocycles. The molecule has 120 valence electrons. The molecule has 0 radical (unpaired) electrons. The maximum atomic E-state index is 3.32. The Bertz CT molecular complexity index is 651. The van der Waals surface area contributed by atoms with E-state index >= 15 is 0 Å². The zero-order chi connectivity index (χ0) is 15.6. The van der Waals surface area contributed by atoms with Crippen LogP contribution in [0.4, 0.5) is 11.4 Å². The summed E-state index contributed by atoms with van der Waals surface area (Å²) in [6.07, 6.45) is 3.80. The van der Waals surface area contributed by atoms with Gasteiger partial charge in [-0.05, 0) is 50.6 Å². The Hall–Kier alpha value is -2.00. The minimum absolute atomic E-state index is 0.425. The summed E-state index contributed by atoms with van der Waals surface area (Å²) in [6, 6.07) is 21.0. The first kappa shape index (κ1) is 14.6. The summed E-state index contributed by atoms with van der Waals surface area (Å²) in [6.45, 7) is 2.05. The van der Waals surface area contributed by atoms with Gasteiger partial charge in [-0.25, -0.2) is 0 Å². The highest BCUT2D eigenvalue weighted by molar-refractivity contribution is 5.77. The molecule has 3 heteroatoms. The van der Waals surface area contributed by atoms with E-state index in [9.17, 15) is 0 Å². The van der Waals surface area contributed by atoms with E-state index in [4.69, 9.17) is 0 Å². The third-order valence-corrected chi connectivity index (χ3v) is 5.02. The average Bonchev–Trinajstić information content (AvgIpc) is 3.38.